The first-order chi connectivity index (χ1) is 10.2. The third-order valence-electron chi connectivity index (χ3n) is 4.24. The van der Waals surface area contributed by atoms with E-state index in [1.54, 1.807) is 24.5 Å². The summed E-state index contributed by atoms with van der Waals surface area (Å²) in [7, 11) is 0. The van der Waals surface area contributed by atoms with E-state index in [-0.39, 0.29) is 17.9 Å². The van der Waals surface area contributed by atoms with E-state index >= 15 is 0 Å². The van der Waals surface area contributed by atoms with Crippen molar-refractivity contribution in [2.45, 2.75) is 25.3 Å². The summed E-state index contributed by atoms with van der Waals surface area (Å²) in [6.45, 7) is 1.44. The fraction of sp³-hybridized carbons (Fsp3) is 0.438. The van der Waals surface area contributed by atoms with Crippen molar-refractivity contribution >= 4 is 17.9 Å². The zero-order valence-corrected chi connectivity index (χ0v) is 11.9. The summed E-state index contributed by atoms with van der Waals surface area (Å²) in [5, 5.41) is 3.03. The van der Waals surface area contributed by atoms with Crippen molar-refractivity contribution in [2.75, 3.05) is 13.1 Å². The number of likely N-dealkylation sites (tertiary alicyclic amines) is 1. The number of fused-ring (bicyclic) bond motifs is 1. The molecule has 110 valence electrons. The molecule has 1 aromatic rings. The summed E-state index contributed by atoms with van der Waals surface area (Å²) in [6.07, 6.45) is 9.15. The molecule has 0 aliphatic carbocycles. The van der Waals surface area contributed by atoms with Crippen molar-refractivity contribution in [3.05, 3.63) is 36.2 Å². The second-order valence-corrected chi connectivity index (χ2v) is 5.67. The molecule has 0 spiro atoms. The van der Waals surface area contributed by atoms with E-state index in [4.69, 9.17) is 0 Å². The third-order valence-corrected chi connectivity index (χ3v) is 4.24. The van der Waals surface area contributed by atoms with Gasteiger partial charge in [-0.2, -0.15) is 0 Å². The van der Waals surface area contributed by atoms with Gasteiger partial charge in [-0.1, -0.05) is 6.07 Å². The lowest BCUT2D eigenvalue weighted by Crippen LogP contribution is -2.54. The molecule has 21 heavy (non-hydrogen) atoms. The molecule has 5 nitrogen and oxygen atoms in total. The van der Waals surface area contributed by atoms with Crippen molar-refractivity contribution in [3.63, 3.8) is 0 Å². The quantitative estimate of drug-likeness (QED) is 0.831. The predicted octanol–water partition coefficient (Wildman–Crippen LogP) is 1.22. The highest BCUT2D eigenvalue weighted by molar-refractivity contribution is 5.91. The minimum absolute atomic E-state index is 0.0363. The van der Waals surface area contributed by atoms with Crippen LogP contribution in [-0.4, -0.2) is 40.8 Å². The van der Waals surface area contributed by atoms with Gasteiger partial charge in [-0.25, -0.2) is 0 Å². The Morgan fingerprint density at radius 3 is 3.14 bits per heavy atom. The lowest BCUT2D eigenvalue weighted by Gasteiger charge is -2.41. The molecule has 2 saturated heterocycles. The van der Waals surface area contributed by atoms with Crippen LogP contribution < -0.4 is 5.32 Å². The van der Waals surface area contributed by atoms with E-state index in [2.05, 4.69) is 10.3 Å². The molecule has 2 atom stereocenters. The summed E-state index contributed by atoms with van der Waals surface area (Å²) < 4.78 is 0. The van der Waals surface area contributed by atoms with Crippen LogP contribution in [0.5, 0.6) is 0 Å². The fourth-order valence-electron chi connectivity index (χ4n) is 3.06. The van der Waals surface area contributed by atoms with Crippen molar-refractivity contribution in [1.29, 1.82) is 0 Å². The van der Waals surface area contributed by atoms with Crippen LogP contribution in [0, 0.1) is 5.92 Å². The number of aromatic nitrogens is 1. The Bertz CT molecular complexity index is 556. The van der Waals surface area contributed by atoms with Crippen LogP contribution in [0.15, 0.2) is 30.6 Å². The first-order valence-corrected chi connectivity index (χ1v) is 7.39. The largest absolute Gasteiger partial charge is 0.353 e. The molecular formula is C16H19N3O2. The van der Waals surface area contributed by atoms with Gasteiger partial charge in [0.15, 0.2) is 0 Å². The van der Waals surface area contributed by atoms with Crippen molar-refractivity contribution in [1.82, 2.24) is 15.2 Å². The van der Waals surface area contributed by atoms with Gasteiger partial charge >= 0.3 is 0 Å². The number of piperidine rings is 2. The molecule has 2 amide bonds. The number of nitrogens with zero attached hydrogens (tertiary/aromatic N) is 2. The van der Waals surface area contributed by atoms with Gasteiger partial charge in [-0.3, -0.25) is 14.6 Å². The van der Waals surface area contributed by atoms with Crippen molar-refractivity contribution in [2.24, 2.45) is 5.92 Å². The lowest BCUT2D eigenvalue weighted by atomic mass is 9.85. The van der Waals surface area contributed by atoms with E-state index < -0.39 is 0 Å². The Hall–Kier alpha value is -2.17. The molecule has 0 saturated carbocycles. The number of carbonyl (C=O) groups is 2. The number of rotatable bonds is 2. The van der Waals surface area contributed by atoms with Crippen LogP contribution in [0.3, 0.4) is 0 Å². The molecule has 2 aliphatic heterocycles. The minimum Gasteiger partial charge on any atom is -0.353 e. The number of hydrogen-bond acceptors (Lipinski definition) is 3. The molecule has 1 N–H and O–H groups in total. The summed E-state index contributed by atoms with van der Waals surface area (Å²) in [5.74, 6) is 0.578. The maximum atomic E-state index is 12.2. The van der Waals surface area contributed by atoms with Gasteiger partial charge in [0.2, 0.25) is 11.8 Å². The van der Waals surface area contributed by atoms with Crippen LogP contribution in [-0.2, 0) is 9.59 Å². The molecule has 3 heterocycles. The van der Waals surface area contributed by atoms with Crippen LogP contribution in [0.1, 0.15) is 24.8 Å². The van der Waals surface area contributed by atoms with Gasteiger partial charge in [0, 0.05) is 44.0 Å². The highest BCUT2D eigenvalue weighted by atomic mass is 16.2. The average molecular weight is 285 g/mol. The van der Waals surface area contributed by atoms with Gasteiger partial charge in [-0.15, -0.1) is 0 Å². The fourth-order valence-corrected chi connectivity index (χ4v) is 3.06. The summed E-state index contributed by atoms with van der Waals surface area (Å²) in [5.41, 5.74) is 0.922. The topological polar surface area (TPSA) is 62.3 Å². The zero-order valence-electron chi connectivity index (χ0n) is 11.9. The van der Waals surface area contributed by atoms with Gasteiger partial charge in [0.05, 0.1) is 0 Å². The molecule has 5 heteroatoms. The first kappa shape index (κ1) is 13.8. The Balaban J connectivity index is 1.59. The van der Waals surface area contributed by atoms with Crippen LogP contribution >= 0.6 is 0 Å². The maximum absolute atomic E-state index is 12.2. The lowest BCUT2D eigenvalue weighted by molar-refractivity contribution is -0.130. The molecule has 0 aromatic carbocycles. The second kappa shape index (κ2) is 6.08. The predicted molar refractivity (Wildman–Crippen MR) is 79.1 cm³/mol. The van der Waals surface area contributed by atoms with E-state index in [0.717, 1.165) is 24.9 Å². The maximum Gasteiger partial charge on any atom is 0.246 e. The molecule has 3 rings (SSSR count). The Morgan fingerprint density at radius 2 is 2.33 bits per heavy atom. The number of nitrogens with one attached hydrogen (secondary N) is 1. The van der Waals surface area contributed by atoms with E-state index in [1.165, 1.54) is 0 Å². The molecule has 2 aliphatic rings. The molecule has 0 bridgehead atoms. The number of carbonyl (C=O) groups excluding carboxylic acids is 2. The number of amides is 2. The Kier molecular flexibility index (Phi) is 3.99. The van der Waals surface area contributed by atoms with Crippen LogP contribution in [0.4, 0.5) is 0 Å². The van der Waals surface area contributed by atoms with E-state index in [0.29, 0.717) is 18.9 Å². The van der Waals surface area contributed by atoms with Crippen molar-refractivity contribution in [3.8, 4) is 0 Å². The van der Waals surface area contributed by atoms with Crippen molar-refractivity contribution < 1.29 is 9.59 Å². The summed E-state index contributed by atoms with van der Waals surface area (Å²) >= 11 is 0. The van der Waals surface area contributed by atoms with E-state index in [1.807, 2.05) is 17.0 Å². The SMILES string of the molecule is O=C1CCC2CN(C(=O)/C=C/c3cccnc3)CCC2N1. The summed E-state index contributed by atoms with van der Waals surface area (Å²) in [6, 6.07) is 4.01. The molecule has 2 fully saturated rings. The normalized spacial score (nSPS) is 25.5. The van der Waals surface area contributed by atoms with Crippen LogP contribution in [0.25, 0.3) is 6.08 Å². The molecular weight excluding hydrogens is 266 g/mol. The van der Waals surface area contributed by atoms with Gasteiger partial charge in [0.25, 0.3) is 0 Å². The second-order valence-electron chi connectivity index (χ2n) is 5.67. The standard InChI is InChI=1S/C16H19N3O2/c20-15-5-4-13-11-19(9-7-14(13)18-15)16(21)6-3-12-2-1-8-17-10-12/h1-3,6,8,10,13-14H,4-5,7,9,11H2,(H,18,20)/b6-3+. The molecule has 0 radical (unpaired) electrons. The van der Waals surface area contributed by atoms with Crippen LogP contribution in [0.2, 0.25) is 0 Å². The average Bonchev–Trinajstić information content (AvgIpc) is 2.53. The van der Waals surface area contributed by atoms with Gasteiger partial charge in [0.1, 0.15) is 0 Å². The smallest absolute Gasteiger partial charge is 0.246 e. The highest BCUT2D eigenvalue weighted by Crippen LogP contribution is 2.25. The summed E-state index contributed by atoms with van der Waals surface area (Å²) in [4.78, 5) is 29.5. The Morgan fingerprint density at radius 1 is 1.43 bits per heavy atom. The Labute approximate surface area is 124 Å². The minimum atomic E-state index is 0.0363. The zero-order chi connectivity index (χ0) is 14.7. The van der Waals surface area contributed by atoms with Gasteiger partial charge in [-0.05, 0) is 36.5 Å². The third kappa shape index (κ3) is 3.29. The first-order valence-electron chi connectivity index (χ1n) is 7.39. The molecule has 2 unspecified atom stereocenters. The highest BCUT2D eigenvalue weighted by Gasteiger charge is 2.34. The molecule has 1 aromatic heterocycles. The monoisotopic (exact) mass is 285 g/mol. The van der Waals surface area contributed by atoms with Gasteiger partial charge < -0.3 is 10.2 Å². The number of pyridine rings is 1. The van der Waals surface area contributed by atoms with E-state index in [9.17, 15) is 9.59 Å². The number of hydrogen-bond donors (Lipinski definition) is 1.